The Hall–Kier alpha value is -2.14. The fourth-order valence-electron chi connectivity index (χ4n) is 1.69. The molecule has 0 saturated heterocycles. The van der Waals surface area contributed by atoms with Crippen molar-refractivity contribution in [2.24, 2.45) is 0 Å². The van der Waals surface area contributed by atoms with Crippen molar-refractivity contribution in [3.63, 3.8) is 0 Å². The number of nitrogens with one attached hydrogen (secondary N) is 1. The number of nitrogens with two attached hydrogens (primary N) is 1. The van der Waals surface area contributed by atoms with E-state index in [1.54, 1.807) is 25.4 Å². The van der Waals surface area contributed by atoms with Crippen LogP contribution in [0.4, 0.5) is 11.1 Å². The van der Waals surface area contributed by atoms with Gasteiger partial charge in [0, 0.05) is 11.6 Å². The van der Waals surface area contributed by atoms with Gasteiger partial charge in [0.1, 0.15) is 6.04 Å². The Bertz CT molecular complexity index is 672. The van der Waals surface area contributed by atoms with Crippen LogP contribution in [0.1, 0.15) is 19.9 Å². The second kappa shape index (κ2) is 7.92. The summed E-state index contributed by atoms with van der Waals surface area (Å²) < 4.78 is 6.32. The molecule has 2 aromatic rings. The Kier molecular flexibility index (Phi) is 5.93. The number of aromatic nitrogens is 4. The number of thiazole rings is 1. The van der Waals surface area contributed by atoms with Gasteiger partial charge < -0.3 is 15.8 Å². The summed E-state index contributed by atoms with van der Waals surface area (Å²) in [6, 6.07) is -0.654. The third-order valence-corrected chi connectivity index (χ3v) is 4.35. The third-order valence-electron chi connectivity index (χ3n) is 2.74. The van der Waals surface area contributed by atoms with Crippen LogP contribution in [0, 0.1) is 0 Å². The number of carbonyl (C=O) groups is 2. The number of thioether (sulfide) groups is 1. The maximum absolute atomic E-state index is 12.3. The SMILES string of the molecule is CCOC(=O)CSc1nnc(N)n1C(C)C(=O)Nc1nccs1. The molecule has 23 heavy (non-hydrogen) atoms. The van der Waals surface area contributed by atoms with Gasteiger partial charge in [-0.2, -0.15) is 0 Å². The maximum Gasteiger partial charge on any atom is 0.316 e. The van der Waals surface area contributed by atoms with E-state index in [2.05, 4.69) is 20.5 Å². The molecule has 2 rings (SSSR count). The Balaban J connectivity index is 2.07. The molecule has 9 nitrogen and oxygen atoms in total. The molecule has 0 fully saturated rings. The highest BCUT2D eigenvalue weighted by molar-refractivity contribution is 7.99. The molecule has 0 saturated carbocycles. The molecule has 2 heterocycles. The molecule has 1 atom stereocenters. The highest BCUT2D eigenvalue weighted by atomic mass is 32.2. The number of carbonyl (C=O) groups excluding carboxylic acids is 2. The monoisotopic (exact) mass is 356 g/mol. The van der Waals surface area contributed by atoms with Crippen molar-refractivity contribution in [1.82, 2.24) is 19.7 Å². The minimum atomic E-state index is -0.654. The number of rotatable bonds is 7. The van der Waals surface area contributed by atoms with E-state index in [4.69, 9.17) is 10.5 Å². The van der Waals surface area contributed by atoms with Crippen molar-refractivity contribution in [3.05, 3.63) is 11.6 Å². The fourth-order valence-corrected chi connectivity index (χ4v) is 3.04. The zero-order chi connectivity index (χ0) is 16.8. The van der Waals surface area contributed by atoms with Gasteiger partial charge in [-0.15, -0.1) is 21.5 Å². The number of amides is 1. The van der Waals surface area contributed by atoms with E-state index in [1.807, 2.05) is 0 Å². The minimum Gasteiger partial charge on any atom is -0.465 e. The molecule has 0 aromatic carbocycles. The van der Waals surface area contributed by atoms with Gasteiger partial charge in [-0.3, -0.25) is 14.2 Å². The van der Waals surface area contributed by atoms with Gasteiger partial charge in [0.25, 0.3) is 0 Å². The normalized spacial score (nSPS) is 11.9. The Morgan fingerprint density at radius 2 is 2.30 bits per heavy atom. The molecule has 124 valence electrons. The quantitative estimate of drug-likeness (QED) is 0.559. The van der Waals surface area contributed by atoms with Gasteiger partial charge in [0.05, 0.1) is 12.4 Å². The van der Waals surface area contributed by atoms with Gasteiger partial charge in [-0.25, -0.2) is 4.98 Å². The van der Waals surface area contributed by atoms with Gasteiger partial charge in [-0.05, 0) is 13.8 Å². The first kappa shape index (κ1) is 17.2. The average Bonchev–Trinajstić information content (AvgIpc) is 3.14. The first-order valence-corrected chi connectivity index (χ1v) is 8.58. The molecule has 2 aromatic heterocycles. The first-order chi connectivity index (χ1) is 11.0. The van der Waals surface area contributed by atoms with Gasteiger partial charge >= 0.3 is 5.97 Å². The molecular weight excluding hydrogens is 340 g/mol. The van der Waals surface area contributed by atoms with Crippen LogP contribution >= 0.6 is 23.1 Å². The average molecular weight is 356 g/mol. The van der Waals surface area contributed by atoms with Crippen LogP contribution in [-0.4, -0.2) is 44.0 Å². The van der Waals surface area contributed by atoms with E-state index in [1.165, 1.54) is 15.9 Å². The minimum absolute atomic E-state index is 0.0623. The smallest absolute Gasteiger partial charge is 0.316 e. The third kappa shape index (κ3) is 4.42. The van der Waals surface area contributed by atoms with Crippen molar-refractivity contribution >= 4 is 46.1 Å². The van der Waals surface area contributed by atoms with Gasteiger partial charge in [-0.1, -0.05) is 11.8 Å². The van der Waals surface area contributed by atoms with E-state index < -0.39 is 6.04 Å². The number of anilines is 2. The molecule has 0 bridgehead atoms. The van der Waals surface area contributed by atoms with Crippen LogP contribution in [-0.2, 0) is 14.3 Å². The summed E-state index contributed by atoms with van der Waals surface area (Å²) in [6.45, 7) is 3.70. The molecule has 0 aliphatic rings. The van der Waals surface area contributed by atoms with Crippen molar-refractivity contribution in [3.8, 4) is 0 Å². The zero-order valence-corrected chi connectivity index (χ0v) is 14.2. The molecule has 0 spiro atoms. The predicted molar refractivity (Wildman–Crippen MR) is 87.2 cm³/mol. The predicted octanol–water partition coefficient (Wildman–Crippen LogP) is 1.17. The lowest BCUT2D eigenvalue weighted by atomic mass is 10.3. The van der Waals surface area contributed by atoms with Crippen molar-refractivity contribution in [2.75, 3.05) is 23.4 Å². The van der Waals surface area contributed by atoms with Crippen LogP contribution in [0.5, 0.6) is 0 Å². The van der Waals surface area contributed by atoms with E-state index in [0.717, 1.165) is 11.8 Å². The molecule has 0 aliphatic heterocycles. The van der Waals surface area contributed by atoms with Crippen molar-refractivity contribution in [1.29, 1.82) is 0 Å². The standard InChI is InChI=1S/C12H16N6O3S2/c1-3-21-8(19)6-23-12-17-16-10(13)18(12)7(2)9(20)15-11-14-4-5-22-11/h4-5,7H,3,6H2,1-2H3,(H2,13,16)(H,14,15,20). The van der Waals surface area contributed by atoms with E-state index in [0.29, 0.717) is 16.9 Å². The topological polar surface area (TPSA) is 125 Å². The number of hydrogen-bond acceptors (Lipinski definition) is 9. The van der Waals surface area contributed by atoms with E-state index >= 15 is 0 Å². The number of nitrogens with zero attached hydrogens (tertiary/aromatic N) is 4. The van der Waals surface area contributed by atoms with Gasteiger partial charge in [0.2, 0.25) is 11.9 Å². The zero-order valence-electron chi connectivity index (χ0n) is 12.6. The Morgan fingerprint density at radius 3 is 2.96 bits per heavy atom. The summed E-state index contributed by atoms with van der Waals surface area (Å²) in [6.07, 6.45) is 1.60. The largest absolute Gasteiger partial charge is 0.465 e. The molecule has 1 unspecified atom stereocenters. The fraction of sp³-hybridized carbons (Fsp3) is 0.417. The van der Waals surface area contributed by atoms with Crippen LogP contribution in [0.25, 0.3) is 0 Å². The summed E-state index contributed by atoms with van der Waals surface area (Å²) in [7, 11) is 0. The lowest BCUT2D eigenvalue weighted by molar-refractivity contribution is -0.139. The summed E-state index contributed by atoms with van der Waals surface area (Å²) in [5.74, 6) is -0.514. The highest BCUT2D eigenvalue weighted by Gasteiger charge is 2.23. The van der Waals surface area contributed by atoms with E-state index in [-0.39, 0.29) is 23.6 Å². The Morgan fingerprint density at radius 1 is 1.52 bits per heavy atom. The summed E-state index contributed by atoms with van der Waals surface area (Å²) in [5, 5.41) is 13.0. The first-order valence-electron chi connectivity index (χ1n) is 6.72. The van der Waals surface area contributed by atoms with Crippen molar-refractivity contribution in [2.45, 2.75) is 25.0 Å². The second-order valence-corrected chi connectivity index (χ2v) is 6.14. The molecule has 0 radical (unpaired) electrons. The molecule has 0 aliphatic carbocycles. The summed E-state index contributed by atoms with van der Waals surface area (Å²) in [4.78, 5) is 27.7. The van der Waals surface area contributed by atoms with Crippen LogP contribution in [0.3, 0.4) is 0 Å². The molecular formula is C12H16N6O3S2. The molecule has 1 amide bonds. The lowest BCUT2D eigenvalue weighted by Crippen LogP contribution is -2.25. The number of esters is 1. The molecule has 3 N–H and O–H groups in total. The van der Waals surface area contributed by atoms with Crippen molar-refractivity contribution < 1.29 is 14.3 Å². The summed E-state index contributed by atoms with van der Waals surface area (Å²) in [5.41, 5.74) is 5.79. The van der Waals surface area contributed by atoms with Crippen LogP contribution in [0.15, 0.2) is 16.7 Å². The van der Waals surface area contributed by atoms with E-state index in [9.17, 15) is 9.59 Å². The number of ether oxygens (including phenoxy) is 1. The maximum atomic E-state index is 12.3. The Labute approximate surface area is 140 Å². The summed E-state index contributed by atoms with van der Waals surface area (Å²) >= 11 is 2.42. The number of hydrogen-bond donors (Lipinski definition) is 2. The second-order valence-electron chi connectivity index (χ2n) is 4.31. The van der Waals surface area contributed by atoms with Crippen LogP contribution < -0.4 is 11.1 Å². The molecule has 11 heteroatoms. The highest BCUT2D eigenvalue weighted by Crippen LogP contribution is 2.24. The van der Waals surface area contributed by atoms with Gasteiger partial charge in [0.15, 0.2) is 10.3 Å². The number of nitrogen functional groups attached to an aromatic ring is 1. The van der Waals surface area contributed by atoms with Crippen LogP contribution in [0.2, 0.25) is 0 Å². The lowest BCUT2D eigenvalue weighted by Gasteiger charge is -2.15.